The molecule has 5 heteroatoms. The van der Waals surface area contributed by atoms with E-state index in [1.807, 2.05) is 41.3 Å². The molecule has 1 saturated carbocycles. The maximum atomic E-state index is 12.9. The van der Waals surface area contributed by atoms with Crippen LogP contribution in [0.2, 0.25) is 0 Å². The molecule has 29 heavy (non-hydrogen) atoms. The van der Waals surface area contributed by atoms with Gasteiger partial charge in [0, 0.05) is 18.3 Å². The molecule has 2 aliphatic rings. The number of nitrogens with zero attached hydrogens (tertiary/aromatic N) is 1. The molecule has 1 aliphatic heterocycles. The Morgan fingerprint density at radius 3 is 2.52 bits per heavy atom. The molecule has 1 aliphatic carbocycles. The van der Waals surface area contributed by atoms with Gasteiger partial charge in [-0.15, -0.1) is 0 Å². The van der Waals surface area contributed by atoms with Gasteiger partial charge in [0.25, 0.3) is 11.8 Å². The second-order valence-corrected chi connectivity index (χ2v) is 7.95. The third-order valence-electron chi connectivity index (χ3n) is 6.08. The van der Waals surface area contributed by atoms with Crippen molar-refractivity contribution in [2.75, 3.05) is 18.5 Å². The number of amides is 2. The van der Waals surface area contributed by atoms with Crippen LogP contribution in [-0.2, 0) is 4.79 Å². The molecule has 2 atom stereocenters. The maximum Gasteiger partial charge on any atom is 0.260 e. The van der Waals surface area contributed by atoms with Gasteiger partial charge in [0.2, 0.25) is 0 Å². The van der Waals surface area contributed by atoms with E-state index < -0.39 is 0 Å². The first kappa shape index (κ1) is 19.5. The molecule has 2 aromatic carbocycles. The molecule has 0 aromatic heterocycles. The van der Waals surface area contributed by atoms with Crippen molar-refractivity contribution in [1.82, 2.24) is 4.90 Å². The van der Waals surface area contributed by atoms with Gasteiger partial charge in [0.15, 0.2) is 6.61 Å². The summed E-state index contributed by atoms with van der Waals surface area (Å²) in [5.41, 5.74) is 1.15. The average Bonchev–Trinajstić information content (AvgIpc) is 2.78. The maximum absolute atomic E-state index is 12.9. The number of nitrogens with one attached hydrogen (secondary N) is 1. The number of piperidine rings is 1. The third kappa shape index (κ3) is 4.61. The number of fused-ring (bicyclic) bond motifs is 1. The number of benzene rings is 2. The van der Waals surface area contributed by atoms with Gasteiger partial charge in [0.05, 0.1) is 5.56 Å². The summed E-state index contributed by atoms with van der Waals surface area (Å²) in [5, 5.41) is 2.87. The number of hydrogen-bond donors (Lipinski definition) is 1. The van der Waals surface area contributed by atoms with Crippen LogP contribution >= 0.6 is 0 Å². The fraction of sp³-hybridized carbons (Fsp3) is 0.417. The minimum atomic E-state index is -0.246. The molecule has 0 bridgehead atoms. The quantitative estimate of drug-likeness (QED) is 0.815. The lowest BCUT2D eigenvalue weighted by molar-refractivity contribution is -0.139. The Balaban J connectivity index is 1.41. The smallest absolute Gasteiger partial charge is 0.260 e. The summed E-state index contributed by atoms with van der Waals surface area (Å²) < 4.78 is 5.84. The first-order valence-electron chi connectivity index (χ1n) is 10.6. The van der Waals surface area contributed by atoms with Gasteiger partial charge in [-0.25, -0.2) is 0 Å². The number of hydrogen-bond acceptors (Lipinski definition) is 3. The Kier molecular flexibility index (Phi) is 6.13. The van der Waals surface area contributed by atoms with Crippen LogP contribution in [0.1, 0.15) is 48.9 Å². The topological polar surface area (TPSA) is 58.6 Å². The monoisotopic (exact) mass is 392 g/mol. The van der Waals surface area contributed by atoms with E-state index in [1.54, 1.807) is 18.2 Å². The molecule has 0 radical (unpaired) electrons. The number of likely N-dealkylation sites (tertiary alicyclic amines) is 1. The van der Waals surface area contributed by atoms with E-state index in [0.717, 1.165) is 25.1 Å². The summed E-state index contributed by atoms with van der Waals surface area (Å²) in [6.07, 6.45) is 7.13. The van der Waals surface area contributed by atoms with Crippen molar-refractivity contribution in [2.24, 2.45) is 5.92 Å². The van der Waals surface area contributed by atoms with Gasteiger partial charge in [-0.1, -0.05) is 43.2 Å². The second-order valence-electron chi connectivity index (χ2n) is 7.95. The Morgan fingerprint density at radius 2 is 1.66 bits per heavy atom. The van der Waals surface area contributed by atoms with E-state index in [0.29, 0.717) is 23.3 Å². The fourth-order valence-electron chi connectivity index (χ4n) is 4.66. The van der Waals surface area contributed by atoms with Gasteiger partial charge in [0.1, 0.15) is 5.75 Å². The Morgan fingerprint density at radius 1 is 0.931 bits per heavy atom. The minimum Gasteiger partial charge on any atom is -0.483 e. The highest BCUT2D eigenvalue weighted by molar-refractivity contribution is 6.06. The summed E-state index contributed by atoms with van der Waals surface area (Å²) in [5.74, 6) is 0.862. The number of para-hydroxylation sites is 2. The van der Waals surface area contributed by atoms with Crippen molar-refractivity contribution in [1.29, 1.82) is 0 Å². The number of anilines is 1. The SMILES string of the molecule is O=C(Nc1ccccc1)c1ccccc1OCC(=O)N1CCC[C@H]2CCCC[C@H]21. The van der Waals surface area contributed by atoms with Crippen LogP contribution < -0.4 is 10.1 Å². The van der Waals surface area contributed by atoms with Crippen LogP contribution in [0.3, 0.4) is 0 Å². The largest absolute Gasteiger partial charge is 0.483 e. The van der Waals surface area contributed by atoms with Crippen LogP contribution in [-0.4, -0.2) is 35.9 Å². The molecule has 0 unspecified atom stereocenters. The van der Waals surface area contributed by atoms with E-state index in [2.05, 4.69) is 5.32 Å². The summed E-state index contributed by atoms with van der Waals surface area (Å²) >= 11 is 0. The minimum absolute atomic E-state index is 0.0277. The van der Waals surface area contributed by atoms with E-state index >= 15 is 0 Å². The number of rotatable bonds is 5. The molecule has 1 heterocycles. The van der Waals surface area contributed by atoms with Crippen molar-refractivity contribution >= 4 is 17.5 Å². The summed E-state index contributed by atoms with van der Waals surface area (Å²) in [6, 6.07) is 16.7. The Labute approximate surface area is 172 Å². The molecule has 1 saturated heterocycles. The van der Waals surface area contributed by atoms with Gasteiger partial charge < -0.3 is 15.0 Å². The van der Waals surface area contributed by atoms with E-state index in [9.17, 15) is 9.59 Å². The van der Waals surface area contributed by atoms with E-state index in [1.165, 1.54) is 25.7 Å². The van der Waals surface area contributed by atoms with Crippen molar-refractivity contribution in [3.05, 3.63) is 60.2 Å². The van der Waals surface area contributed by atoms with E-state index in [-0.39, 0.29) is 18.4 Å². The summed E-state index contributed by atoms with van der Waals surface area (Å²) in [6.45, 7) is 0.790. The molecular weight excluding hydrogens is 364 g/mol. The molecule has 2 aromatic rings. The zero-order valence-corrected chi connectivity index (χ0v) is 16.7. The molecule has 0 spiro atoms. The molecule has 2 fully saturated rings. The van der Waals surface area contributed by atoms with Gasteiger partial charge in [-0.3, -0.25) is 9.59 Å². The zero-order chi connectivity index (χ0) is 20.1. The van der Waals surface area contributed by atoms with Crippen molar-refractivity contribution in [2.45, 2.75) is 44.6 Å². The highest BCUT2D eigenvalue weighted by atomic mass is 16.5. The predicted octanol–water partition coefficient (Wildman–Crippen LogP) is 4.50. The molecule has 5 nitrogen and oxygen atoms in total. The lowest BCUT2D eigenvalue weighted by Crippen LogP contribution is -2.51. The number of carbonyl (C=O) groups excluding carboxylic acids is 2. The zero-order valence-electron chi connectivity index (χ0n) is 16.7. The molecular formula is C24H28N2O3. The highest BCUT2D eigenvalue weighted by Gasteiger charge is 2.35. The van der Waals surface area contributed by atoms with E-state index in [4.69, 9.17) is 4.74 Å². The average molecular weight is 392 g/mol. The van der Waals surface area contributed by atoms with Crippen molar-refractivity contribution in [3.8, 4) is 5.75 Å². The van der Waals surface area contributed by atoms with Gasteiger partial charge in [-0.05, 0) is 55.9 Å². The van der Waals surface area contributed by atoms with Crippen molar-refractivity contribution in [3.63, 3.8) is 0 Å². The lowest BCUT2D eigenvalue weighted by atomic mass is 9.78. The van der Waals surface area contributed by atoms with Gasteiger partial charge >= 0.3 is 0 Å². The summed E-state index contributed by atoms with van der Waals surface area (Å²) in [4.78, 5) is 27.6. The standard InChI is InChI=1S/C24H28N2O3/c27-23(26-16-8-10-18-9-4-6-14-21(18)26)17-29-22-15-7-5-13-20(22)24(28)25-19-11-2-1-3-12-19/h1-3,5,7,11-13,15,18,21H,4,6,8-10,14,16-17H2,(H,25,28)/t18-,21-/m1/s1. The van der Waals surface area contributed by atoms with Crippen LogP contribution in [0.15, 0.2) is 54.6 Å². The van der Waals surface area contributed by atoms with Crippen molar-refractivity contribution < 1.29 is 14.3 Å². The highest BCUT2D eigenvalue weighted by Crippen LogP contribution is 2.35. The first-order chi connectivity index (χ1) is 14.2. The third-order valence-corrected chi connectivity index (χ3v) is 6.08. The number of carbonyl (C=O) groups is 2. The normalized spacial score (nSPS) is 21.2. The summed E-state index contributed by atoms with van der Waals surface area (Å²) in [7, 11) is 0. The number of ether oxygens (including phenoxy) is 1. The Bertz CT molecular complexity index is 850. The predicted molar refractivity (Wildman–Crippen MR) is 113 cm³/mol. The fourth-order valence-corrected chi connectivity index (χ4v) is 4.66. The lowest BCUT2D eigenvalue weighted by Gasteiger charge is -2.44. The molecule has 1 N–H and O–H groups in total. The van der Waals surface area contributed by atoms with Crippen LogP contribution in [0.5, 0.6) is 5.75 Å². The Hall–Kier alpha value is -2.82. The molecule has 152 valence electrons. The molecule has 4 rings (SSSR count). The van der Waals surface area contributed by atoms with Gasteiger partial charge in [-0.2, -0.15) is 0 Å². The van der Waals surface area contributed by atoms with Crippen LogP contribution in [0, 0.1) is 5.92 Å². The second kappa shape index (κ2) is 9.12. The molecule has 2 amide bonds. The van der Waals surface area contributed by atoms with Crippen LogP contribution in [0.25, 0.3) is 0 Å². The first-order valence-corrected chi connectivity index (χ1v) is 10.6. The van der Waals surface area contributed by atoms with Crippen LogP contribution in [0.4, 0.5) is 5.69 Å².